The highest BCUT2D eigenvalue weighted by molar-refractivity contribution is 5.84. The first-order valence-electron chi connectivity index (χ1n) is 16.0. The second-order valence-corrected chi connectivity index (χ2v) is 16.9. The predicted octanol–water partition coefficient (Wildman–Crippen LogP) is 7.06. The summed E-state index contributed by atoms with van der Waals surface area (Å²) in [6.45, 7) is 18.1. The number of allylic oxidation sites excluding steroid dienone is 3. The first-order valence-corrected chi connectivity index (χ1v) is 16.0. The number of carboxylic acids is 1. The molecule has 6 nitrogen and oxygen atoms in total. The third-order valence-electron chi connectivity index (χ3n) is 14.1. The third kappa shape index (κ3) is 3.62. The van der Waals surface area contributed by atoms with Gasteiger partial charge in [0.05, 0.1) is 6.61 Å². The van der Waals surface area contributed by atoms with Crippen LogP contribution in [0.4, 0.5) is 0 Å². The summed E-state index contributed by atoms with van der Waals surface area (Å²) in [7, 11) is 0. The molecule has 4 saturated carbocycles. The van der Waals surface area contributed by atoms with Crippen molar-refractivity contribution in [3.05, 3.63) is 23.3 Å². The Morgan fingerprint density at radius 2 is 1.68 bits per heavy atom. The Labute approximate surface area is 246 Å². The van der Waals surface area contributed by atoms with Gasteiger partial charge in [-0.25, -0.2) is 4.79 Å². The zero-order chi connectivity index (χ0) is 30.0. The fourth-order valence-corrected chi connectivity index (χ4v) is 11.8. The largest absolute Gasteiger partial charge is 0.481 e. The lowest BCUT2D eigenvalue weighted by molar-refractivity contribution is -0.395. The second-order valence-electron chi connectivity index (χ2n) is 16.9. The normalized spacial score (nSPS) is 48.9. The van der Waals surface area contributed by atoms with Crippen LogP contribution in [0.25, 0.3) is 0 Å². The summed E-state index contributed by atoms with van der Waals surface area (Å²) in [6, 6.07) is 0. The number of rotatable bonds is 3. The van der Waals surface area contributed by atoms with Crippen LogP contribution in [-0.2, 0) is 19.1 Å². The van der Waals surface area contributed by atoms with E-state index in [4.69, 9.17) is 9.47 Å². The molecular formula is C35H52O6. The SMILES string of the molecule is CC(C)=CC(=O)O[C@@H]1CC(C)(C)C[C@H]2C3=CC[C@@H]4[C@]56CC[C@@](O)(OC5)C(C)(C)[C@@H]6CC[C@@]4(C)[C@]3(C)CC[C@@]12C(=O)O. The molecule has 2 bridgehead atoms. The number of hydrogen-bond donors (Lipinski definition) is 2. The predicted molar refractivity (Wildman–Crippen MR) is 157 cm³/mol. The molecule has 7 aliphatic rings. The van der Waals surface area contributed by atoms with Gasteiger partial charge in [0.15, 0.2) is 5.79 Å². The smallest absolute Gasteiger partial charge is 0.330 e. The van der Waals surface area contributed by atoms with Gasteiger partial charge in [0.2, 0.25) is 0 Å². The second kappa shape index (κ2) is 8.71. The van der Waals surface area contributed by atoms with Gasteiger partial charge >= 0.3 is 11.9 Å². The number of fused-ring (bicyclic) bond motifs is 7. The zero-order valence-corrected chi connectivity index (χ0v) is 26.6. The molecule has 0 aromatic carbocycles. The van der Waals surface area contributed by atoms with Crippen LogP contribution >= 0.6 is 0 Å². The lowest BCUT2D eigenvalue weighted by atomic mass is 9.32. The molecule has 1 spiro atoms. The van der Waals surface area contributed by atoms with E-state index in [-0.39, 0.29) is 33.0 Å². The monoisotopic (exact) mass is 568 g/mol. The summed E-state index contributed by atoms with van der Waals surface area (Å²) in [5.74, 6) is -1.63. The molecule has 0 unspecified atom stereocenters. The minimum Gasteiger partial charge on any atom is -0.481 e. The molecule has 41 heavy (non-hydrogen) atoms. The van der Waals surface area contributed by atoms with E-state index in [1.807, 2.05) is 13.8 Å². The Morgan fingerprint density at radius 3 is 2.29 bits per heavy atom. The quantitative estimate of drug-likeness (QED) is 0.215. The van der Waals surface area contributed by atoms with Gasteiger partial charge in [0.1, 0.15) is 11.5 Å². The van der Waals surface area contributed by atoms with E-state index in [1.165, 1.54) is 11.6 Å². The van der Waals surface area contributed by atoms with Crippen LogP contribution in [-0.4, -0.2) is 40.6 Å². The van der Waals surface area contributed by atoms with Crippen LogP contribution in [0.1, 0.15) is 113 Å². The first-order chi connectivity index (χ1) is 18.9. The van der Waals surface area contributed by atoms with E-state index in [1.54, 1.807) is 0 Å². The molecule has 2 N–H and O–H groups in total. The van der Waals surface area contributed by atoms with Crippen molar-refractivity contribution in [1.82, 2.24) is 0 Å². The average molecular weight is 569 g/mol. The maximum Gasteiger partial charge on any atom is 0.330 e. The highest BCUT2D eigenvalue weighted by Crippen LogP contribution is 2.78. The third-order valence-corrected chi connectivity index (χ3v) is 14.1. The first kappa shape index (κ1) is 29.4. The van der Waals surface area contributed by atoms with Crippen molar-refractivity contribution in [2.45, 2.75) is 125 Å². The van der Waals surface area contributed by atoms with E-state index in [0.717, 1.165) is 44.1 Å². The average Bonchev–Trinajstić information content (AvgIpc) is 2.84. The summed E-state index contributed by atoms with van der Waals surface area (Å²) in [5.41, 5.74) is 0.486. The summed E-state index contributed by atoms with van der Waals surface area (Å²) < 4.78 is 12.4. The maximum atomic E-state index is 13.4. The molecule has 0 aromatic rings. The minimum absolute atomic E-state index is 0.000304. The number of aliphatic carboxylic acids is 1. The van der Waals surface area contributed by atoms with E-state index in [2.05, 4.69) is 47.6 Å². The molecule has 228 valence electrons. The van der Waals surface area contributed by atoms with Crippen molar-refractivity contribution in [3.63, 3.8) is 0 Å². The zero-order valence-electron chi connectivity index (χ0n) is 26.6. The fraction of sp³-hybridized carbons (Fsp3) is 0.829. The van der Waals surface area contributed by atoms with Crippen molar-refractivity contribution in [1.29, 1.82) is 0 Å². The van der Waals surface area contributed by atoms with Crippen molar-refractivity contribution < 1.29 is 29.3 Å². The van der Waals surface area contributed by atoms with Crippen LogP contribution in [0.2, 0.25) is 0 Å². The van der Waals surface area contributed by atoms with Crippen LogP contribution in [0.3, 0.4) is 0 Å². The Kier molecular flexibility index (Phi) is 6.25. The van der Waals surface area contributed by atoms with Crippen LogP contribution in [0, 0.1) is 50.2 Å². The summed E-state index contributed by atoms with van der Waals surface area (Å²) in [4.78, 5) is 26.3. The number of hydrogen-bond acceptors (Lipinski definition) is 5. The van der Waals surface area contributed by atoms with Crippen LogP contribution in [0.5, 0.6) is 0 Å². The highest BCUT2D eigenvalue weighted by atomic mass is 16.6. The molecule has 6 heteroatoms. The number of ether oxygens (including phenoxy) is 2. The molecule has 5 aliphatic carbocycles. The van der Waals surface area contributed by atoms with Gasteiger partial charge in [-0.2, -0.15) is 0 Å². The van der Waals surface area contributed by atoms with E-state index in [0.29, 0.717) is 37.7 Å². The summed E-state index contributed by atoms with van der Waals surface area (Å²) in [6.07, 6.45) is 10.6. The molecule has 0 aromatic heterocycles. The summed E-state index contributed by atoms with van der Waals surface area (Å²) >= 11 is 0. The van der Waals surface area contributed by atoms with Gasteiger partial charge in [-0.05, 0) is 93.3 Å². The Hall–Kier alpha value is -1.66. The fourth-order valence-electron chi connectivity index (χ4n) is 11.8. The molecule has 0 radical (unpaired) electrons. The van der Waals surface area contributed by atoms with Gasteiger partial charge in [0, 0.05) is 29.2 Å². The molecule has 9 atom stereocenters. The minimum atomic E-state index is -1.11. The molecular weight excluding hydrogens is 516 g/mol. The number of carbonyl (C=O) groups is 2. The standard InChI is InChI=1S/C35H52O6/c1-21(2)17-27(36)41-26-19-29(3,4)18-23-22-9-10-25-32(8,31(22,7)13-15-34(23,26)28(37)38)12-11-24-30(5,6)35(39)16-14-33(24,25)20-40-35/h9,17,23-26,39H,10-16,18-20H2,1-8H3,(H,37,38)/t23-,24-,25-,26+,31+,32+,33+,34-,35+/m0/s1. The molecule has 2 heterocycles. The van der Waals surface area contributed by atoms with E-state index < -0.39 is 29.2 Å². The number of carbonyl (C=O) groups excluding carboxylic acids is 1. The van der Waals surface area contributed by atoms with Crippen molar-refractivity contribution in [3.8, 4) is 0 Å². The van der Waals surface area contributed by atoms with Gasteiger partial charge in [-0.3, -0.25) is 4.79 Å². The highest BCUT2D eigenvalue weighted by Gasteiger charge is 2.75. The number of esters is 1. The van der Waals surface area contributed by atoms with Gasteiger partial charge < -0.3 is 19.7 Å². The Bertz CT molecular complexity index is 1210. The van der Waals surface area contributed by atoms with Gasteiger partial charge in [-0.1, -0.05) is 58.8 Å². The molecule has 7 rings (SSSR count). The summed E-state index contributed by atoms with van der Waals surface area (Å²) in [5, 5.41) is 22.4. The maximum absolute atomic E-state index is 13.4. The van der Waals surface area contributed by atoms with E-state index in [9.17, 15) is 19.8 Å². The lowest BCUT2D eigenvalue weighted by Gasteiger charge is -2.74. The van der Waals surface area contributed by atoms with Crippen LogP contribution < -0.4 is 0 Å². The van der Waals surface area contributed by atoms with Crippen molar-refractivity contribution in [2.75, 3.05) is 6.61 Å². The van der Waals surface area contributed by atoms with Crippen molar-refractivity contribution in [2.24, 2.45) is 50.2 Å². The van der Waals surface area contributed by atoms with Gasteiger partial charge in [0.25, 0.3) is 0 Å². The topological polar surface area (TPSA) is 93.1 Å². The Balaban J connectivity index is 1.44. The van der Waals surface area contributed by atoms with E-state index >= 15 is 0 Å². The lowest BCUT2D eigenvalue weighted by Crippen LogP contribution is -2.73. The molecule has 0 amide bonds. The number of aliphatic hydroxyl groups is 1. The van der Waals surface area contributed by atoms with Crippen LogP contribution in [0.15, 0.2) is 23.3 Å². The Morgan fingerprint density at radius 1 is 0.976 bits per heavy atom. The molecule has 6 fully saturated rings. The number of carboxylic acid groups (broad SMARTS) is 1. The van der Waals surface area contributed by atoms with Crippen molar-refractivity contribution >= 4 is 11.9 Å². The molecule has 2 saturated heterocycles. The molecule has 2 aliphatic heterocycles. The van der Waals surface area contributed by atoms with Gasteiger partial charge in [-0.15, -0.1) is 0 Å².